The van der Waals surface area contributed by atoms with Crippen molar-refractivity contribution in [1.82, 2.24) is 20.5 Å². The topological polar surface area (TPSA) is 101 Å². The Balaban J connectivity index is 1.55. The third-order valence-corrected chi connectivity index (χ3v) is 6.05. The fraction of sp³-hybridized carbons (Fsp3) is 0.360. The van der Waals surface area contributed by atoms with Gasteiger partial charge >= 0.3 is 0 Å². The number of amides is 3. The zero-order valence-corrected chi connectivity index (χ0v) is 18.5. The maximum absolute atomic E-state index is 13.2. The number of nitrogens with one attached hydrogen (secondary N) is 2. The van der Waals surface area contributed by atoms with Crippen molar-refractivity contribution in [1.29, 1.82) is 0 Å². The lowest BCUT2D eigenvalue weighted by Crippen LogP contribution is -2.63. The van der Waals surface area contributed by atoms with Crippen molar-refractivity contribution in [3.63, 3.8) is 0 Å². The minimum atomic E-state index is -1.23. The van der Waals surface area contributed by atoms with Crippen LogP contribution >= 0.6 is 0 Å². The fourth-order valence-electron chi connectivity index (χ4n) is 4.32. The standard InChI is InChI=1S/C25H28N4O4/c1-2-11-27-24(32)25(15-18-5-7-19(8-6-18)20-4-3-12-26-16-20)17-29(13-14-33-25)23(31)21-9-10-22(30)28-21/h2-8,12,16,21H,1,9-11,13-15,17H2,(H,27,32)(H,28,30). The second-order valence-electron chi connectivity index (χ2n) is 8.38. The molecule has 0 saturated carbocycles. The van der Waals surface area contributed by atoms with Gasteiger partial charge in [0.15, 0.2) is 5.60 Å². The Labute approximate surface area is 193 Å². The first kappa shape index (κ1) is 22.7. The van der Waals surface area contributed by atoms with Crippen LogP contribution in [-0.4, -0.2) is 65.5 Å². The number of hydrogen-bond donors (Lipinski definition) is 2. The van der Waals surface area contributed by atoms with E-state index in [1.54, 1.807) is 23.4 Å². The van der Waals surface area contributed by atoms with Crippen LogP contribution in [0.4, 0.5) is 0 Å². The van der Waals surface area contributed by atoms with E-state index in [1.165, 1.54) is 0 Å². The average molecular weight is 449 g/mol. The number of ether oxygens (including phenoxy) is 1. The Bertz CT molecular complexity index is 1020. The highest BCUT2D eigenvalue weighted by Crippen LogP contribution is 2.27. The van der Waals surface area contributed by atoms with Crippen molar-refractivity contribution in [3.8, 4) is 11.1 Å². The molecule has 2 aliphatic rings. The van der Waals surface area contributed by atoms with Gasteiger partial charge in [0.1, 0.15) is 6.04 Å². The van der Waals surface area contributed by atoms with E-state index in [2.05, 4.69) is 22.2 Å². The maximum Gasteiger partial charge on any atom is 0.254 e. The minimum Gasteiger partial charge on any atom is -0.361 e. The SMILES string of the molecule is C=CCNC(=O)C1(Cc2ccc(-c3cccnc3)cc2)CN(C(=O)C2CCC(=O)N2)CCO1. The molecule has 2 N–H and O–H groups in total. The Morgan fingerprint density at radius 2 is 2.09 bits per heavy atom. The lowest BCUT2D eigenvalue weighted by atomic mass is 9.90. The number of benzene rings is 1. The number of aromatic nitrogens is 1. The maximum atomic E-state index is 13.2. The molecule has 0 bridgehead atoms. The smallest absolute Gasteiger partial charge is 0.254 e. The fourth-order valence-corrected chi connectivity index (χ4v) is 4.32. The predicted molar refractivity (Wildman–Crippen MR) is 123 cm³/mol. The van der Waals surface area contributed by atoms with Gasteiger partial charge in [0, 0.05) is 38.3 Å². The molecular weight excluding hydrogens is 420 g/mol. The molecule has 1 aromatic carbocycles. The molecule has 2 aromatic rings. The molecule has 4 rings (SSSR count). The molecule has 8 nitrogen and oxygen atoms in total. The van der Waals surface area contributed by atoms with Gasteiger partial charge in [-0.25, -0.2) is 0 Å². The average Bonchev–Trinajstić information content (AvgIpc) is 3.29. The first-order chi connectivity index (χ1) is 16.0. The molecule has 3 amide bonds. The Kier molecular flexibility index (Phi) is 6.84. The lowest BCUT2D eigenvalue weighted by Gasteiger charge is -2.42. The summed E-state index contributed by atoms with van der Waals surface area (Å²) in [4.78, 5) is 43.6. The lowest BCUT2D eigenvalue weighted by molar-refractivity contribution is -0.166. The number of hydrogen-bond acceptors (Lipinski definition) is 5. The van der Waals surface area contributed by atoms with Crippen LogP contribution < -0.4 is 10.6 Å². The van der Waals surface area contributed by atoms with Gasteiger partial charge in [-0.15, -0.1) is 6.58 Å². The van der Waals surface area contributed by atoms with E-state index in [-0.39, 0.29) is 30.9 Å². The first-order valence-corrected chi connectivity index (χ1v) is 11.1. The molecule has 2 unspecified atom stereocenters. The second kappa shape index (κ2) is 9.95. The van der Waals surface area contributed by atoms with Crippen LogP contribution in [0.5, 0.6) is 0 Å². The highest BCUT2D eigenvalue weighted by Gasteiger charge is 2.46. The van der Waals surface area contributed by atoms with Crippen molar-refractivity contribution in [2.24, 2.45) is 0 Å². The van der Waals surface area contributed by atoms with Crippen LogP contribution in [0.1, 0.15) is 18.4 Å². The number of carbonyl (C=O) groups excluding carboxylic acids is 3. The summed E-state index contributed by atoms with van der Waals surface area (Å²) in [5.74, 6) is -0.575. The molecule has 0 radical (unpaired) electrons. The molecule has 0 aliphatic carbocycles. The Hall–Kier alpha value is -3.52. The summed E-state index contributed by atoms with van der Waals surface area (Å²) in [5, 5.41) is 5.56. The van der Waals surface area contributed by atoms with E-state index in [0.717, 1.165) is 16.7 Å². The molecule has 2 saturated heterocycles. The number of morpholine rings is 1. The van der Waals surface area contributed by atoms with E-state index in [9.17, 15) is 14.4 Å². The van der Waals surface area contributed by atoms with Gasteiger partial charge in [0.2, 0.25) is 11.8 Å². The van der Waals surface area contributed by atoms with Crippen molar-refractivity contribution in [2.45, 2.75) is 30.9 Å². The summed E-state index contributed by atoms with van der Waals surface area (Å²) in [6, 6.07) is 11.2. The summed E-state index contributed by atoms with van der Waals surface area (Å²) < 4.78 is 6.07. The molecule has 2 aliphatic heterocycles. The van der Waals surface area contributed by atoms with Crippen LogP contribution in [0.25, 0.3) is 11.1 Å². The van der Waals surface area contributed by atoms with Crippen LogP contribution in [0.2, 0.25) is 0 Å². The van der Waals surface area contributed by atoms with Gasteiger partial charge in [-0.05, 0) is 29.2 Å². The van der Waals surface area contributed by atoms with Crippen LogP contribution in [0.15, 0.2) is 61.4 Å². The third-order valence-electron chi connectivity index (χ3n) is 6.05. The van der Waals surface area contributed by atoms with Gasteiger partial charge in [-0.2, -0.15) is 0 Å². The number of rotatable bonds is 7. The molecule has 1 aromatic heterocycles. The molecule has 2 atom stereocenters. The zero-order valence-electron chi connectivity index (χ0n) is 18.5. The van der Waals surface area contributed by atoms with E-state index >= 15 is 0 Å². The van der Waals surface area contributed by atoms with Crippen molar-refractivity contribution in [3.05, 3.63) is 67.0 Å². The summed E-state index contributed by atoms with van der Waals surface area (Å²) in [6.45, 7) is 4.69. The van der Waals surface area contributed by atoms with E-state index in [4.69, 9.17) is 4.74 Å². The third kappa shape index (κ3) is 5.12. The zero-order chi connectivity index (χ0) is 23.3. The van der Waals surface area contributed by atoms with E-state index in [0.29, 0.717) is 32.4 Å². The molecule has 0 spiro atoms. The molecule has 8 heteroatoms. The summed E-state index contributed by atoms with van der Waals surface area (Å²) in [6.07, 6.45) is 6.26. The van der Waals surface area contributed by atoms with Crippen molar-refractivity contribution < 1.29 is 19.1 Å². The van der Waals surface area contributed by atoms with Crippen molar-refractivity contribution in [2.75, 3.05) is 26.2 Å². The summed E-state index contributed by atoms with van der Waals surface area (Å²) in [5.41, 5.74) is 1.72. The molecule has 33 heavy (non-hydrogen) atoms. The Morgan fingerprint density at radius 3 is 2.76 bits per heavy atom. The van der Waals surface area contributed by atoms with Gasteiger partial charge < -0.3 is 20.3 Å². The first-order valence-electron chi connectivity index (χ1n) is 11.1. The largest absolute Gasteiger partial charge is 0.361 e. The predicted octanol–water partition coefficient (Wildman–Crippen LogP) is 1.47. The minimum absolute atomic E-state index is 0.117. The van der Waals surface area contributed by atoms with Gasteiger partial charge in [-0.1, -0.05) is 36.4 Å². The normalized spacial score (nSPS) is 22.5. The highest BCUT2D eigenvalue weighted by molar-refractivity contribution is 5.92. The molecular formula is C25H28N4O4. The highest BCUT2D eigenvalue weighted by atomic mass is 16.5. The van der Waals surface area contributed by atoms with Crippen molar-refractivity contribution >= 4 is 17.7 Å². The Morgan fingerprint density at radius 1 is 1.27 bits per heavy atom. The molecule has 3 heterocycles. The quantitative estimate of drug-likeness (QED) is 0.625. The number of carbonyl (C=O) groups is 3. The summed E-state index contributed by atoms with van der Waals surface area (Å²) in [7, 11) is 0. The second-order valence-corrected chi connectivity index (χ2v) is 8.38. The van der Waals surface area contributed by atoms with Gasteiger partial charge in [0.05, 0.1) is 13.2 Å². The number of pyridine rings is 1. The van der Waals surface area contributed by atoms with Gasteiger partial charge in [0.25, 0.3) is 5.91 Å². The van der Waals surface area contributed by atoms with Crippen LogP contribution in [-0.2, 0) is 25.5 Å². The van der Waals surface area contributed by atoms with Crippen LogP contribution in [0.3, 0.4) is 0 Å². The molecule has 2 fully saturated rings. The van der Waals surface area contributed by atoms with Crippen LogP contribution in [0, 0.1) is 0 Å². The van der Waals surface area contributed by atoms with Gasteiger partial charge in [-0.3, -0.25) is 19.4 Å². The monoisotopic (exact) mass is 448 g/mol. The number of nitrogens with zero attached hydrogens (tertiary/aromatic N) is 2. The molecule has 172 valence electrons. The summed E-state index contributed by atoms with van der Waals surface area (Å²) >= 11 is 0. The van der Waals surface area contributed by atoms with E-state index < -0.39 is 11.6 Å². The van der Waals surface area contributed by atoms with E-state index in [1.807, 2.05) is 36.4 Å².